The third kappa shape index (κ3) is 1.83. The molecule has 5 nitrogen and oxygen atoms in total. The molecule has 2 aromatic rings. The molecule has 0 spiro atoms. The predicted molar refractivity (Wildman–Crippen MR) is 70.2 cm³/mol. The van der Waals surface area contributed by atoms with Gasteiger partial charge in [0.25, 0.3) is 0 Å². The quantitative estimate of drug-likeness (QED) is 0.793. The highest BCUT2D eigenvalue weighted by atomic mass is 19.1. The van der Waals surface area contributed by atoms with Gasteiger partial charge in [-0.3, -0.25) is 4.57 Å². The number of hydrogen-bond acceptors (Lipinski definition) is 3. The van der Waals surface area contributed by atoms with E-state index in [4.69, 9.17) is 5.26 Å². The summed E-state index contributed by atoms with van der Waals surface area (Å²) in [7, 11) is 0. The van der Waals surface area contributed by atoms with Crippen LogP contribution in [0, 0.1) is 24.1 Å². The number of benzene rings is 1. The van der Waals surface area contributed by atoms with E-state index in [1.54, 1.807) is 17.6 Å². The summed E-state index contributed by atoms with van der Waals surface area (Å²) in [6.45, 7) is 2.40. The van der Waals surface area contributed by atoms with E-state index in [1.807, 2.05) is 0 Å². The number of nitrogens with zero attached hydrogens (tertiary/aromatic N) is 4. The van der Waals surface area contributed by atoms with Crippen molar-refractivity contribution in [3.8, 4) is 11.8 Å². The van der Waals surface area contributed by atoms with Crippen LogP contribution in [0.5, 0.6) is 0 Å². The van der Waals surface area contributed by atoms with Gasteiger partial charge in [-0.1, -0.05) is 0 Å². The minimum Gasteiger partial charge on any atom is -0.279 e. The molecule has 102 valence electrons. The van der Waals surface area contributed by atoms with Gasteiger partial charge in [0.1, 0.15) is 17.7 Å². The van der Waals surface area contributed by atoms with Gasteiger partial charge in [0.05, 0.1) is 11.3 Å². The highest BCUT2D eigenvalue weighted by Gasteiger charge is 2.19. The number of nitriles is 1. The van der Waals surface area contributed by atoms with Crippen molar-refractivity contribution in [1.29, 1.82) is 5.26 Å². The van der Waals surface area contributed by atoms with Crippen molar-refractivity contribution in [3.63, 3.8) is 0 Å². The minimum atomic E-state index is -0.633. The molecular weight excluding hydrogens is 259 g/mol. The Morgan fingerprint density at radius 1 is 1.40 bits per heavy atom. The number of aryl methyl sites for hydroxylation is 2. The van der Waals surface area contributed by atoms with E-state index in [1.165, 1.54) is 16.8 Å². The van der Waals surface area contributed by atoms with E-state index in [9.17, 15) is 9.18 Å². The largest absolute Gasteiger partial charge is 0.350 e. The number of hydrogen-bond donors (Lipinski definition) is 0. The number of aromatic nitrogens is 3. The van der Waals surface area contributed by atoms with Crippen LogP contribution in [0.4, 0.5) is 4.39 Å². The first-order valence-electron chi connectivity index (χ1n) is 6.51. The lowest BCUT2D eigenvalue weighted by molar-refractivity contribution is 0.512. The number of fused-ring (bicyclic) bond motifs is 1. The molecule has 0 fully saturated rings. The maximum Gasteiger partial charge on any atom is 0.350 e. The van der Waals surface area contributed by atoms with Gasteiger partial charge in [-0.2, -0.15) is 9.94 Å². The van der Waals surface area contributed by atoms with Crippen LogP contribution in [0.3, 0.4) is 0 Å². The second-order valence-corrected chi connectivity index (χ2v) is 4.95. The van der Waals surface area contributed by atoms with Gasteiger partial charge in [-0.05, 0) is 31.4 Å². The van der Waals surface area contributed by atoms with Crippen LogP contribution < -0.4 is 5.69 Å². The van der Waals surface area contributed by atoms with Crippen LogP contribution in [0.2, 0.25) is 0 Å². The Morgan fingerprint density at radius 2 is 2.20 bits per heavy atom. The van der Waals surface area contributed by atoms with Crippen LogP contribution in [0.1, 0.15) is 29.8 Å². The summed E-state index contributed by atoms with van der Waals surface area (Å²) < 4.78 is 16.6. The SMILES string of the molecule is Cc1cc(C#N)c(F)cc1-n1nc2n(c1=O)CCCC2. The normalized spacial score (nSPS) is 13.8. The Hall–Kier alpha value is -2.42. The average molecular weight is 272 g/mol. The van der Waals surface area contributed by atoms with E-state index < -0.39 is 5.82 Å². The van der Waals surface area contributed by atoms with Gasteiger partial charge in [-0.25, -0.2) is 9.18 Å². The van der Waals surface area contributed by atoms with Gasteiger partial charge in [-0.15, -0.1) is 5.10 Å². The third-order valence-corrected chi connectivity index (χ3v) is 3.61. The summed E-state index contributed by atoms with van der Waals surface area (Å²) in [6, 6.07) is 4.43. The molecule has 0 saturated carbocycles. The Bertz CT molecular complexity index is 782. The zero-order chi connectivity index (χ0) is 14.3. The molecule has 2 heterocycles. The van der Waals surface area contributed by atoms with Gasteiger partial charge in [0, 0.05) is 19.0 Å². The molecule has 1 aliphatic rings. The summed E-state index contributed by atoms with van der Waals surface area (Å²) in [5, 5.41) is 13.1. The molecule has 0 N–H and O–H groups in total. The summed E-state index contributed by atoms with van der Waals surface area (Å²) in [6.07, 6.45) is 2.73. The zero-order valence-corrected chi connectivity index (χ0v) is 11.1. The van der Waals surface area contributed by atoms with Crippen molar-refractivity contribution in [2.24, 2.45) is 0 Å². The Morgan fingerprint density at radius 3 is 2.90 bits per heavy atom. The highest BCUT2D eigenvalue weighted by molar-refractivity contribution is 5.46. The molecule has 0 bridgehead atoms. The summed E-state index contributed by atoms with van der Waals surface area (Å²) in [5.41, 5.74) is 0.782. The van der Waals surface area contributed by atoms with E-state index in [2.05, 4.69) is 5.10 Å². The second kappa shape index (κ2) is 4.60. The molecule has 0 amide bonds. The molecule has 1 aromatic carbocycles. The zero-order valence-electron chi connectivity index (χ0n) is 11.1. The van der Waals surface area contributed by atoms with Gasteiger partial charge < -0.3 is 0 Å². The van der Waals surface area contributed by atoms with Crippen LogP contribution >= 0.6 is 0 Å². The van der Waals surface area contributed by atoms with Crippen LogP contribution in [-0.4, -0.2) is 14.3 Å². The topological polar surface area (TPSA) is 63.6 Å². The fourth-order valence-corrected chi connectivity index (χ4v) is 2.54. The molecule has 20 heavy (non-hydrogen) atoms. The molecule has 1 aromatic heterocycles. The van der Waals surface area contributed by atoms with Crippen LogP contribution in [0.15, 0.2) is 16.9 Å². The lowest BCUT2D eigenvalue weighted by Crippen LogP contribution is -2.26. The first-order chi connectivity index (χ1) is 9.61. The highest BCUT2D eigenvalue weighted by Crippen LogP contribution is 2.18. The summed E-state index contributed by atoms with van der Waals surface area (Å²) in [4.78, 5) is 12.3. The molecule has 1 aliphatic heterocycles. The third-order valence-electron chi connectivity index (χ3n) is 3.61. The van der Waals surface area contributed by atoms with E-state index in [0.717, 1.165) is 25.1 Å². The van der Waals surface area contributed by atoms with Gasteiger partial charge >= 0.3 is 5.69 Å². The lowest BCUT2D eigenvalue weighted by Gasteiger charge is -2.09. The average Bonchev–Trinajstić information content (AvgIpc) is 2.78. The standard InChI is InChI=1S/C14H13FN4O/c1-9-6-10(8-16)11(15)7-12(9)19-14(20)18-5-3-2-4-13(18)17-19/h6-7H,2-5H2,1H3. The van der Waals surface area contributed by atoms with Gasteiger partial charge in [0.15, 0.2) is 0 Å². The van der Waals surface area contributed by atoms with Crippen molar-refractivity contribution in [1.82, 2.24) is 14.3 Å². The van der Waals surface area contributed by atoms with Crippen molar-refractivity contribution < 1.29 is 4.39 Å². The first kappa shape index (κ1) is 12.6. The predicted octanol–water partition coefficient (Wildman–Crippen LogP) is 1.69. The molecule has 0 aliphatic carbocycles. The van der Waals surface area contributed by atoms with Crippen LogP contribution in [0.25, 0.3) is 5.69 Å². The van der Waals surface area contributed by atoms with E-state index >= 15 is 0 Å². The second-order valence-electron chi connectivity index (χ2n) is 4.95. The number of halogens is 1. The summed E-state index contributed by atoms with van der Waals surface area (Å²) in [5.74, 6) is 0.108. The van der Waals surface area contributed by atoms with Crippen LogP contribution in [-0.2, 0) is 13.0 Å². The molecule has 6 heteroatoms. The molecule has 0 radical (unpaired) electrons. The maximum atomic E-state index is 13.8. The fraction of sp³-hybridized carbons (Fsp3) is 0.357. The molecule has 3 rings (SSSR count). The molecule has 0 atom stereocenters. The van der Waals surface area contributed by atoms with Crippen molar-refractivity contribution in [3.05, 3.63) is 45.4 Å². The first-order valence-corrected chi connectivity index (χ1v) is 6.51. The molecule has 0 unspecified atom stereocenters. The molecule has 0 saturated heterocycles. The number of rotatable bonds is 1. The van der Waals surface area contributed by atoms with E-state index in [0.29, 0.717) is 17.8 Å². The minimum absolute atomic E-state index is 0.0247. The van der Waals surface area contributed by atoms with Gasteiger partial charge in [0.2, 0.25) is 0 Å². The smallest absolute Gasteiger partial charge is 0.279 e. The Kier molecular flexibility index (Phi) is 2.90. The lowest BCUT2D eigenvalue weighted by atomic mass is 10.1. The van der Waals surface area contributed by atoms with Crippen molar-refractivity contribution in [2.75, 3.05) is 0 Å². The summed E-state index contributed by atoms with van der Waals surface area (Å²) >= 11 is 0. The monoisotopic (exact) mass is 272 g/mol. The Balaban J connectivity index is 2.20. The van der Waals surface area contributed by atoms with Crippen molar-refractivity contribution in [2.45, 2.75) is 32.7 Å². The maximum absolute atomic E-state index is 13.8. The van der Waals surface area contributed by atoms with Crippen molar-refractivity contribution >= 4 is 0 Å². The fourth-order valence-electron chi connectivity index (χ4n) is 2.54. The van der Waals surface area contributed by atoms with E-state index in [-0.39, 0.29) is 11.3 Å². The molecular formula is C14H13FN4O. The Labute approximate surface area is 114 Å².